The van der Waals surface area contributed by atoms with E-state index in [0.29, 0.717) is 41.5 Å². The minimum absolute atomic E-state index is 0.130. The summed E-state index contributed by atoms with van der Waals surface area (Å²) in [4.78, 5) is 12.5. The van der Waals surface area contributed by atoms with Gasteiger partial charge in [-0.05, 0) is 61.6 Å². The summed E-state index contributed by atoms with van der Waals surface area (Å²) < 4.78 is 26.6. The van der Waals surface area contributed by atoms with Crippen LogP contribution in [0.3, 0.4) is 0 Å². The number of halogens is 1. The Kier molecular flexibility index (Phi) is 6.19. The molecule has 1 aliphatic rings. The minimum atomic E-state index is -3.40. The number of amides is 1. The van der Waals surface area contributed by atoms with Crippen molar-refractivity contribution >= 4 is 33.2 Å². The number of aryl methyl sites for hydroxylation is 2. The average molecular weight is 407 g/mol. The van der Waals surface area contributed by atoms with Crippen LogP contribution in [0.4, 0.5) is 5.69 Å². The maximum absolute atomic E-state index is 12.5. The van der Waals surface area contributed by atoms with Gasteiger partial charge in [0.25, 0.3) is 0 Å². The number of benzene rings is 2. The highest BCUT2D eigenvalue weighted by Gasteiger charge is 2.26. The molecule has 1 fully saturated rings. The van der Waals surface area contributed by atoms with E-state index < -0.39 is 10.0 Å². The molecule has 5 nitrogen and oxygen atoms in total. The highest BCUT2D eigenvalue weighted by molar-refractivity contribution is 7.89. The third-order valence-electron chi connectivity index (χ3n) is 4.67. The van der Waals surface area contributed by atoms with Crippen LogP contribution in [0, 0.1) is 6.92 Å². The van der Waals surface area contributed by atoms with Crippen molar-refractivity contribution in [2.45, 2.75) is 37.5 Å². The Bertz CT molecular complexity index is 921. The lowest BCUT2D eigenvalue weighted by Gasteiger charge is -2.15. The molecule has 3 rings (SSSR count). The fraction of sp³-hybridized carbons (Fsp3) is 0.350. The topological polar surface area (TPSA) is 66.5 Å². The second kappa shape index (κ2) is 8.42. The van der Waals surface area contributed by atoms with Gasteiger partial charge in [0.05, 0.1) is 15.6 Å². The van der Waals surface area contributed by atoms with E-state index in [1.165, 1.54) is 4.31 Å². The van der Waals surface area contributed by atoms with Crippen molar-refractivity contribution in [1.82, 2.24) is 4.31 Å². The Hall–Kier alpha value is -1.89. The Morgan fingerprint density at radius 1 is 1.11 bits per heavy atom. The van der Waals surface area contributed by atoms with Crippen molar-refractivity contribution in [3.8, 4) is 0 Å². The van der Waals surface area contributed by atoms with Gasteiger partial charge in [-0.3, -0.25) is 4.79 Å². The molecule has 1 amide bonds. The van der Waals surface area contributed by atoms with Gasteiger partial charge >= 0.3 is 0 Å². The molecular formula is C20H23ClN2O3S. The predicted octanol–water partition coefficient (Wildman–Crippen LogP) is 4.00. The maximum Gasteiger partial charge on any atom is 0.243 e. The summed E-state index contributed by atoms with van der Waals surface area (Å²) in [5.74, 6) is -0.130. The van der Waals surface area contributed by atoms with Crippen LogP contribution >= 0.6 is 11.6 Å². The second-order valence-electron chi connectivity index (χ2n) is 6.79. The Balaban J connectivity index is 1.57. The molecule has 0 unspecified atom stereocenters. The summed E-state index contributed by atoms with van der Waals surface area (Å²) in [6.07, 6.45) is 2.65. The van der Waals surface area contributed by atoms with E-state index in [-0.39, 0.29) is 5.91 Å². The largest absolute Gasteiger partial charge is 0.325 e. The summed E-state index contributed by atoms with van der Waals surface area (Å²) in [6, 6.07) is 12.3. The van der Waals surface area contributed by atoms with Crippen molar-refractivity contribution in [3.63, 3.8) is 0 Å². The van der Waals surface area contributed by atoms with Crippen molar-refractivity contribution in [1.29, 1.82) is 0 Å². The first kappa shape index (κ1) is 19.9. The molecule has 144 valence electrons. The molecule has 27 heavy (non-hydrogen) atoms. The van der Waals surface area contributed by atoms with Crippen molar-refractivity contribution < 1.29 is 13.2 Å². The first-order chi connectivity index (χ1) is 12.9. The van der Waals surface area contributed by atoms with Gasteiger partial charge in [0.1, 0.15) is 0 Å². The standard InChI is InChI=1S/C20H23ClN2O3S/c1-15-4-10-19(18(21)14-15)22-20(24)11-7-16-5-8-17(9-6-16)27(25,26)23-12-2-3-13-23/h4-6,8-10,14H,2-3,7,11-13H2,1H3,(H,22,24). The van der Waals surface area contributed by atoms with Crippen LogP contribution in [0.2, 0.25) is 5.02 Å². The maximum atomic E-state index is 12.5. The number of hydrogen-bond acceptors (Lipinski definition) is 3. The van der Waals surface area contributed by atoms with Crippen LogP contribution in [-0.2, 0) is 21.2 Å². The lowest BCUT2D eigenvalue weighted by Crippen LogP contribution is -2.27. The molecule has 1 heterocycles. The molecule has 0 bridgehead atoms. The molecule has 2 aromatic rings. The summed E-state index contributed by atoms with van der Waals surface area (Å²) in [5.41, 5.74) is 2.54. The highest BCUT2D eigenvalue weighted by Crippen LogP contribution is 2.23. The van der Waals surface area contributed by atoms with Gasteiger partial charge in [-0.1, -0.05) is 29.8 Å². The van der Waals surface area contributed by atoms with E-state index in [2.05, 4.69) is 5.32 Å². The van der Waals surface area contributed by atoms with Gasteiger partial charge < -0.3 is 5.32 Å². The highest BCUT2D eigenvalue weighted by atomic mass is 35.5. The smallest absolute Gasteiger partial charge is 0.243 e. The third-order valence-corrected chi connectivity index (χ3v) is 6.89. The van der Waals surface area contributed by atoms with Crippen LogP contribution < -0.4 is 5.32 Å². The van der Waals surface area contributed by atoms with Gasteiger partial charge in [-0.2, -0.15) is 4.31 Å². The van der Waals surface area contributed by atoms with Crippen molar-refractivity contribution in [2.24, 2.45) is 0 Å². The molecule has 1 aliphatic heterocycles. The predicted molar refractivity (Wildman–Crippen MR) is 108 cm³/mol. The summed E-state index contributed by atoms with van der Waals surface area (Å²) in [6.45, 7) is 3.11. The molecule has 2 aromatic carbocycles. The lowest BCUT2D eigenvalue weighted by molar-refractivity contribution is -0.116. The number of nitrogens with zero attached hydrogens (tertiary/aromatic N) is 1. The molecule has 0 atom stereocenters. The minimum Gasteiger partial charge on any atom is -0.325 e. The van der Waals surface area contributed by atoms with Crippen LogP contribution in [0.25, 0.3) is 0 Å². The van der Waals surface area contributed by atoms with Crippen molar-refractivity contribution in [3.05, 3.63) is 58.6 Å². The molecule has 0 aliphatic carbocycles. The molecule has 0 saturated carbocycles. The third kappa shape index (κ3) is 4.89. The lowest BCUT2D eigenvalue weighted by atomic mass is 10.1. The normalized spacial score (nSPS) is 15.0. The molecule has 7 heteroatoms. The Labute approximate surface area is 165 Å². The molecule has 0 spiro atoms. The first-order valence-corrected chi connectivity index (χ1v) is 10.8. The number of hydrogen-bond donors (Lipinski definition) is 1. The number of rotatable bonds is 6. The van der Waals surface area contributed by atoms with Gasteiger partial charge in [-0.15, -0.1) is 0 Å². The van der Waals surface area contributed by atoms with Crippen LogP contribution in [-0.4, -0.2) is 31.7 Å². The number of carbonyl (C=O) groups excluding carboxylic acids is 1. The van der Waals surface area contributed by atoms with E-state index in [0.717, 1.165) is 24.0 Å². The summed E-state index contributed by atoms with van der Waals surface area (Å²) >= 11 is 6.13. The first-order valence-electron chi connectivity index (χ1n) is 9.01. The van der Waals surface area contributed by atoms with E-state index in [4.69, 9.17) is 11.6 Å². The molecule has 1 saturated heterocycles. The van der Waals surface area contributed by atoms with Gasteiger partial charge in [0, 0.05) is 19.5 Å². The number of carbonyl (C=O) groups is 1. The van der Waals surface area contributed by atoms with Crippen molar-refractivity contribution in [2.75, 3.05) is 18.4 Å². The van der Waals surface area contributed by atoms with Crippen LogP contribution in [0.1, 0.15) is 30.4 Å². The zero-order valence-corrected chi connectivity index (χ0v) is 16.8. The fourth-order valence-electron chi connectivity index (χ4n) is 3.10. The summed E-state index contributed by atoms with van der Waals surface area (Å²) in [5, 5.41) is 3.32. The summed E-state index contributed by atoms with van der Waals surface area (Å²) in [7, 11) is -3.40. The second-order valence-corrected chi connectivity index (χ2v) is 9.13. The van der Waals surface area contributed by atoms with E-state index in [9.17, 15) is 13.2 Å². The number of sulfonamides is 1. The Morgan fingerprint density at radius 2 is 1.78 bits per heavy atom. The van der Waals surface area contributed by atoms with E-state index >= 15 is 0 Å². The fourth-order valence-corrected chi connectivity index (χ4v) is 4.90. The zero-order valence-electron chi connectivity index (χ0n) is 15.2. The zero-order chi connectivity index (χ0) is 19.4. The van der Waals surface area contributed by atoms with Crippen LogP contribution in [0.15, 0.2) is 47.4 Å². The van der Waals surface area contributed by atoms with Crippen LogP contribution in [0.5, 0.6) is 0 Å². The van der Waals surface area contributed by atoms with Gasteiger partial charge in [-0.25, -0.2) is 8.42 Å². The molecule has 1 N–H and O–H groups in total. The quantitative estimate of drug-likeness (QED) is 0.788. The van der Waals surface area contributed by atoms with E-state index in [1.54, 1.807) is 36.4 Å². The Morgan fingerprint density at radius 3 is 2.41 bits per heavy atom. The van der Waals surface area contributed by atoms with E-state index in [1.807, 2.05) is 13.0 Å². The molecule has 0 radical (unpaired) electrons. The molecule has 0 aromatic heterocycles. The average Bonchev–Trinajstić information content (AvgIpc) is 3.18. The molecular weight excluding hydrogens is 384 g/mol. The number of anilines is 1. The van der Waals surface area contributed by atoms with Gasteiger partial charge in [0.2, 0.25) is 15.9 Å². The van der Waals surface area contributed by atoms with Gasteiger partial charge in [0.15, 0.2) is 0 Å². The monoisotopic (exact) mass is 406 g/mol. The number of nitrogens with one attached hydrogen (secondary N) is 1. The SMILES string of the molecule is Cc1ccc(NC(=O)CCc2ccc(S(=O)(=O)N3CCCC3)cc2)c(Cl)c1.